The minimum atomic E-state index is 1.19. The fraction of sp³-hybridized carbons (Fsp3) is 0. The standard InChI is InChI=1S/C48H34/c1-5-13-35(14-6-1)21-25-39-33-40(26-22-36-15-7-2-8-16-36)44-31-32-46-42(28-24-38-19-11-4-12-20-38)34-41(27-23-37-17-9-3-10-18-37)45-30-29-43(39)47(44)48(45)46/h1-34H. The summed E-state index contributed by atoms with van der Waals surface area (Å²) in [7, 11) is 0. The molecule has 0 saturated heterocycles. The van der Waals surface area contributed by atoms with Crippen LogP contribution in [-0.4, -0.2) is 0 Å². The Labute approximate surface area is 282 Å². The zero-order valence-electron chi connectivity index (χ0n) is 26.6. The fourth-order valence-electron chi connectivity index (χ4n) is 6.66. The average Bonchev–Trinajstić information content (AvgIpc) is 3.16. The van der Waals surface area contributed by atoms with Crippen molar-refractivity contribution in [3.8, 4) is 0 Å². The predicted octanol–water partition coefficient (Wildman–Crippen LogP) is 13.3. The molecule has 226 valence electrons. The molecule has 0 unspecified atom stereocenters. The van der Waals surface area contributed by atoms with Crippen LogP contribution in [0.3, 0.4) is 0 Å². The van der Waals surface area contributed by atoms with Crippen LogP contribution >= 0.6 is 0 Å². The highest BCUT2D eigenvalue weighted by atomic mass is 14.2. The molecule has 8 aromatic rings. The highest BCUT2D eigenvalue weighted by molar-refractivity contribution is 6.28. The molecule has 0 bridgehead atoms. The van der Waals surface area contributed by atoms with Crippen LogP contribution in [0, 0.1) is 0 Å². The molecular weight excluding hydrogens is 577 g/mol. The van der Waals surface area contributed by atoms with Crippen molar-refractivity contribution in [2.75, 3.05) is 0 Å². The number of benzene rings is 8. The molecule has 8 aromatic carbocycles. The molecule has 0 aliphatic rings. The van der Waals surface area contributed by atoms with E-state index in [9.17, 15) is 0 Å². The summed E-state index contributed by atoms with van der Waals surface area (Å²) in [5.74, 6) is 0. The molecule has 0 atom stereocenters. The van der Waals surface area contributed by atoms with Gasteiger partial charge < -0.3 is 0 Å². The minimum absolute atomic E-state index is 1.19. The second-order valence-corrected chi connectivity index (χ2v) is 12.2. The van der Waals surface area contributed by atoms with E-state index in [2.05, 4.69) is 206 Å². The van der Waals surface area contributed by atoms with Crippen LogP contribution in [0.2, 0.25) is 0 Å². The predicted molar refractivity (Wildman–Crippen MR) is 212 cm³/mol. The van der Waals surface area contributed by atoms with Crippen molar-refractivity contribution in [3.63, 3.8) is 0 Å². The SMILES string of the molecule is C(=Cc1cc(C=Cc2ccccc2)c2ccc3c(C=Cc4ccccc4)cc(C=Cc4ccccc4)c4ccc1c2c43)c1ccccc1. The zero-order chi connectivity index (χ0) is 32.1. The summed E-state index contributed by atoms with van der Waals surface area (Å²) in [6.45, 7) is 0. The van der Waals surface area contributed by atoms with E-state index in [1.807, 2.05) is 0 Å². The topological polar surface area (TPSA) is 0 Å². The molecular formula is C48H34. The van der Waals surface area contributed by atoms with Gasteiger partial charge in [-0.3, -0.25) is 0 Å². The molecule has 8 rings (SSSR count). The summed E-state index contributed by atoms with van der Waals surface area (Å²) in [6.07, 6.45) is 18.0. The van der Waals surface area contributed by atoms with Crippen molar-refractivity contribution in [1.82, 2.24) is 0 Å². The summed E-state index contributed by atoms with van der Waals surface area (Å²) in [5.41, 5.74) is 9.58. The van der Waals surface area contributed by atoms with Crippen molar-refractivity contribution >= 4 is 80.9 Å². The quantitative estimate of drug-likeness (QED) is 0.119. The monoisotopic (exact) mass is 610 g/mol. The van der Waals surface area contributed by atoms with Gasteiger partial charge in [-0.2, -0.15) is 0 Å². The molecule has 0 fully saturated rings. The third-order valence-electron chi connectivity index (χ3n) is 9.05. The highest BCUT2D eigenvalue weighted by Crippen LogP contribution is 2.42. The molecule has 0 heterocycles. The first-order valence-corrected chi connectivity index (χ1v) is 16.5. The molecule has 0 aliphatic carbocycles. The van der Waals surface area contributed by atoms with Gasteiger partial charge in [0, 0.05) is 0 Å². The molecule has 0 aromatic heterocycles. The average molecular weight is 611 g/mol. The van der Waals surface area contributed by atoms with Crippen LogP contribution in [-0.2, 0) is 0 Å². The van der Waals surface area contributed by atoms with E-state index in [4.69, 9.17) is 0 Å². The lowest BCUT2D eigenvalue weighted by atomic mass is 9.85. The van der Waals surface area contributed by atoms with Crippen molar-refractivity contribution in [2.45, 2.75) is 0 Å². The Kier molecular flexibility index (Phi) is 8.05. The van der Waals surface area contributed by atoms with E-state index in [-0.39, 0.29) is 0 Å². The zero-order valence-corrected chi connectivity index (χ0v) is 26.6. The third kappa shape index (κ3) is 6.00. The van der Waals surface area contributed by atoms with E-state index in [0.29, 0.717) is 0 Å². The highest BCUT2D eigenvalue weighted by Gasteiger charge is 2.16. The van der Waals surface area contributed by atoms with Gasteiger partial charge in [-0.15, -0.1) is 0 Å². The number of hydrogen-bond acceptors (Lipinski definition) is 0. The normalized spacial score (nSPS) is 12.2. The van der Waals surface area contributed by atoms with Gasteiger partial charge in [0.1, 0.15) is 0 Å². The van der Waals surface area contributed by atoms with Gasteiger partial charge in [-0.1, -0.05) is 194 Å². The summed E-state index contributed by atoms with van der Waals surface area (Å²) >= 11 is 0. The molecule has 0 aliphatic heterocycles. The first kappa shape index (κ1) is 29.2. The summed E-state index contributed by atoms with van der Waals surface area (Å²) in [4.78, 5) is 0. The maximum Gasteiger partial charge on any atom is -0.00143 e. The van der Waals surface area contributed by atoms with Gasteiger partial charge in [-0.25, -0.2) is 0 Å². The Morgan fingerprint density at radius 3 is 0.688 bits per heavy atom. The van der Waals surface area contributed by atoms with Crippen molar-refractivity contribution in [3.05, 3.63) is 202 Å². The van der Waals surface area contributed by atoms with Crippen molar-refractivity contribution in [2.24, 2.45) is 0 Å². The first-order chi connectivity index (χ1) is 23.8. The summed E-state index contributed by atoms with van der Waals surface area (Å²) in [5, 5.41) is 7.64. The maximum absolute atomic E-state index is 2.34. The van der Waals surface area contributed by atoms with Crippen LogP contribution in [0.5, 0.6) is 0 Å². The van der Waals surface area contributed by atoms with Gasteiger partial charge >= 0.3 is 0 Å². The second-order valence-electron chi connectivity index (χ2n) is 12.2. The summed E-state index contributed by atoms with van der Waals surface area (Å²) in [6, 6.07) is 56.1. The van der Waals surface area contributed by atoms with Crippen LogP contribution in [0.15, 0.2) is 158 Å². The van der Waals surface area contributed by atoms with Gasteiger partial charge in [0.05, 0.1) is 0 Å². The lowest BCUT2D eigenvalue weighted by Gasteiger charge is -2.18. The molecule has 0 amide bonds. The Morgan fingerprint density at radius 1 is 0.229 bits per heavy atom. The van der Waals surface area contributed by atoms with E-state index in [0.717, 1.165) is 0 Å². The maximum atomic E-state index is 2.34. The van der Waals surface area contributed by atoms with Gasteiger partial charge in [-0.05, 0) is 89.0 Å². The lowest BCUT2D eigenvalue weighted by molar-refractivity contribution is 1.65. The first-order valence-electron chi connectivity index (χ1n) is 16.5. The Morgan fingerprint density at radius 2 is 0.458 bits per heavy atom. The van der Waals surface area contributed by atoms with E-state index in [1.165, 1.54) is 76.8 Å². The molecule has 0 N–H and O–H groups in total. The lowest BCUT2D eigenvalue weighted by Crippen LogP contribution is -1.93. The molecule has 48 heavy (non-hydrogen) atoms. The largest absolute Gasteiger partial charge is 0.0622 e. The Bertz CT molecular complexity index is 2100. The van der Waals surface area contributed by atoms with E-state index < -0.39 is 0 Å². The Hall–Kier alpha value is -6.24. The number of hydrogen-bond donors (Lipinski definition) is 0. The van der Waals surface area contributed by atoms with Crippen molar-refractivity contribution in [1.29, 1.82) is 0 Å². The van der Waals surface area contributed by atoms with Crippen LogP contribution in [0.1, 0.15) is 44.5 Å². The van der Waals surface area contributed by atoms with Crippen LogP contribution < -0.4 is 0 Å². The Balaban J connectivity index is 1.40. The molecule has 0 nitrogen and oxygen atoms in total. The van der Waals surface area contributed by atoms with Gasteiger partial charge in [0.25, 0.3) is 0 Å². The smallest absolute Gasteiger partial charge is 0.00143 e. The molecule has 0 spiro atoms. The molecule has 0 heteroatoms. The van der Waals surface area contributed by atoms with E-state index in [1.54, 1.807) is 0 Å². The van der Waals surface area contributed by atoms with Crippen LogP contribution in [0.25, 0.3) is 80.9 Å². The van der Waals surface area contributed by atoms with Crippen LogP contribution in [0.4, 0.5) is 0 Å². The minimum Gasteiger partial charge on any atom is -0.0622 e. The summed E-state index contributed by atoms with van der Waals surface area (Å²) < 4.78 is 0. The third-order valence-corrected chi connectivity index (χ3v) is 9.05. The second kappa shape index (κ2) is 13.2. The molecule has 0 radical (unpaired) electrons. The van der Waals surface area contributed by atoms with Gasteiger partial charge in [0.15, 0.2) is 0 Å². The fourth-order valence-corrected chi connectivity index (χ4v) is 6.66. The molecule has 0 saturated carbocycles. The number of rotatable bonds is 8. The van der Waals surface area contributed by atoms with E-state index >= 15 is 0 Å². The van der Waals surface area contributed by atoms with Gasteiger partial charge in [0.2, 0.25) is 0 Å². The van der Waals surface area contributed by atoms with Crippen molar-refractivity contribution < 1.29 is 0 Å².